The molecule has 0 aliphatic carbocycles. The fourth-order valence-electron chi connectivity index (χ4n) is 4.48. The molecule has 0 aromatic heterocycles. The third-order valence-corrected chi connectivity index (χ3v) is 8.70. The Balaban J connectivity index is 1.39. The number of ketones is 1. The van der Waals surface area contributed by atoms with Gasteiger partial charge in [0.2, 0.25) is 10.0 Å². The molecule has 9 heteroatoms. The fraction of sp³-hybridized carbons (Fsp3) is 0.462. The number of morpholine rings is 1. The number of hydrogen-bond acceptors (Lipinski definition) is 7. The normalized spacial score (nSPS) is 19.5. The van der Waals surface area contributed by atoms with Crippen molar-refractivity contribution in [2.24, 2.45) is 11.7 Å². The Bertz CT molecular complexity index is 1160. The summed E-state index contributed by atoms with van der Waals surface area (Å²) in [5, 5.41) is 9.61. The SMILES string of the molecule is N#C[C@@H](CC(=O)C1(N)CCOCC1)Cc1ccc(-c2ccc(S(=O)(=O)N3CCOCC3)cc2)cc1. The molecule has 2 saturated heterocycles. The van der Waals surface area contributed by atoms with Crippen molar-refractivity contribution in [2.75, 3.05) is 39.5 Å². The number of hydrogen-bond donors (Lipinski definition) is 1. The first-order valence-electron chi connectivity index (χ1n) is 11.9. The number of nitrogens with two attached hydrogens (primary N) is 1. The molecule has 0 spiro atoms. The third-order valence-electron chi connectivity index (χ3n) is 6.79. The van der Waals surface area contributed by atoms with E-state index in [2.05, 4.69) is 6.07 Å². The van der Waals surface area contributed by atoms with Gasteiger partial charge in [-0.15, -0.1) is 0 Å². The lowest BCUT2D eigenvalue weighted by atomic mass is 9.81. The molecule has 2 aromatic carbocycles. The van der Waals surface area contributed by atoms with Crippen LogP contribution in [0.4, 0.5) is 0 Å². The molecule has 4 rings (SSSR count). The van der Waals surface area contributed by atoms with Crippen LogP contribution in [0.3, 0.4) is 0 Å². The van der Waals surface area contributed by atoms with Crippen LogP contribution in [0.25, 0.3) is 11.1 Å². The van der Waals surface area contributed by atoms with Crippen molar-refractivity contribution in [2.45, 2.75) is 36.1 Å². The number of sulfonamides is 1. The number of carbonyl (C=O) groups excluding carboxylic acids is 1. The molecule has 0 radical (unpaired) electrons. The van der Waals surface area contributed by atoms with Crippen molar-refractivity contribution in [1.29, 1.82) is 5.26 Å². The maximum absolute atomic E-state index is 12.8. The van der Waals surface area contributed by atoms with Crippen LogP contribution in [0.2, 0.25) is 0 Å². The Hall–Kier alpha value is -2.61. The van der Waals surface area contributed by atoms with Crippen LogP contribution in [0.5, 0.6) is 0 Å². The number of carbonyl (C=O) groups is 1. The summed E-state index contributed by atoms with van der Waals surface area (Å²) >= 11 is 0. The van der Waals surface area contributed by atoms with E-state index in [0.29, 0.717) is 58.8 Å². The van der Waals surface area contributed by atoms with Gasteiger partial charge in [-0.1, -0.05) is 36.4 Å². The predicted octanol–water partition coefficient (Wildman–Crippen LogP) is 2.52. The Labute approximate surface area is 206 Å². The Morgan fingerprint density at radius 3 is 2.09 bits per heavy atom. The smallest absolute Gasteiger partial charge is 0.243 e. The summed E-state index contributed by atoms with van der Waals surface area (Å²) in [4.78, 5) is 13.0. The lowest BCUT2D eigenvalue weighted by Gasteiger charge is -2.32. The molecule has 0 unspecified atom stereocenters. The van der Waals surface area contributed by atoms with Crippen LogP contribution in [0.15, 0.2) is 53.4 Å². The summed E-state index contributed by atoms with van der Waals surface area (Å²) in [5.41, 5.74) is 8.18. The van der Waals surface area contributed by atoms with Gasteiger partial charge in [-0.2, -0.15) is 9.57 Å². The highest BCUT2D eigenvalue weighted by Gasteiger charge is 2.36. The average Bonchev–Trinajstić information content (AvgIpc) is 2.89. The molecular formula is C26H31N3O5S. The van der Waals surface area contributed by atoms with Crippen LogP contribution in [0, 0.1) is 17.2 Å². The Morgan fingerprint density at radius 1 is 0.971 bits per heavy atom. The number of benzene rings is 2. The van der Waals surface area contributed by atoms with E-state index >= 15 is 0 Å². The van der Waals surface area contributed by atoms with Gasteiger partial charge in [0.25, 0.3) is 0 Å². The van der Waals surface area contributed by atoms with Crippen LogP contribution < -0.4 is 5.73 Å². The molecule has 2 N–H and O–H groups in total. The second-order valence-corrected chi connectivity index (χ2v) is 11.1. The van der Waals surface area contributed by atoms with Gasteiger partial charge < -0.3 is 15.2 Å². The van der Waals surface area contributed by atoms with E-state index < -0.39 is 21.5 Å². The van der Waals surface area contributed by atoms with Gasteiger partial charge in [0.15, 0.2) is 5.78 Å². The first-order valence-corrected chi connectivity index (χ1v) is 13.3. The number of nitriles is 1. The fourth-order valence-corrected chi connectivity index (χ4v) is 5.89. The number of rotatable bonds is 8. The first kappa shape index (κ1) is 25.5. The minimum atomic E-state index is -3.53. The van der Waals surface area contributed by atoms with E-state index in [1.807, 2.05) is 24.3 Å². The van der Waals surface area contributed by atoms with Gasteiger partial charge in [0.05, 0.1) is 35.6 Å². The minimum Gasteiger partial charge on any atom is -0.381 e. The molecule has 2 heterocycles. The highest BCUT2D eigenvalue weighted by molar-refractivity contribution is 7.89. The molecule has 2 aliphatic heterocycles. The first-order chi connectivity index (χ1) is 16.8. The predicted molar refractivity (Wildman–Crippen MR) is 131 cm³/mol. The van der Waals surface area contributed by atoms with Gasteiger partial charge >= 0.3 is 0 Å². The van der Waals surface area contributed by atoms with Crippen molar-refractivity contribution in [3.8, 4) is 17.2 Å². The zero-order valence-corrected chi connectivity index (χ0v) is 20.5. The minimum absolute atomic E-state index is 0.0731. The Morgan fingerprint density at radius 2 is 1.51 bits per heavy atom. The molecule has 2 aromatic rings. The van der Waals surface area contributed by atoms with Gasteiger partial charge in [-0.3, -0.25) is 4.79 Å². The molecule has 186 valence electrons. The standard InChI is InChI=1S/C26H31N3O5S/c27-19-21(18-25(30)26(28)9-13-33-14-10-26)17-20-1-3-22(4-2-20)23-5-7-24(8-6-23)35(31,32)29-11-15-34-16-12-29/h1-8,21H,9-18,28H2/t21-/m1/s1. The van der Waals surface area contributed by atoms with E-state index in [0.717, 1.165) is 16.7 Å². The highest BCUT2D eigenvalue weighted by Crippen LogP contribution is 2.26. The summed E-state index contributed by atoms with van der Waals surface area (Å²) < 4.78 is 37.6. The summed E-state index contributed by atoms with van der Waals surface area (Å²) in [7, 11) is -3.53. The number of ether oxygens (including phenoxy) is 2. The van der Waals surface area contributed by atoms with Crippen molar-refractivity contribution >= 4 is 15.8 Å². The van der Waals surface area contributed by atoms with Crippen molar-refractivity contribution < 1.29 is 22.7 Å². The summed E-state index contributed by atoms with van der Waals surface area (Å²) in [6, 6.07) is 16.9. The highest BCUT2D eigenvalue weighted by atomic mass is 32.2. The van der Waals surface area contributed by atoms with E-state index in [-0.39, 0.29) is 17.1 Å². The molecule has 1 atom stereocenters. The second-order valence-electron chi connectivity index (χ2n) is 9.16. The maximum Gasteiger partial charge on any atom is 0.243 e. The molecule has 8 nitrogen and oxygen atoms in total. The molecule has 2 fully saturated rings. The summed E-state index contributed by atoms with van der Waals surface area (Å²) in [5.74, 6) is -0.516. The quantitative estimate of drug-likeness (QED) is 0.594. The Kier molecular flexibility index (Phi) is 7.99. The largest absolute Gasteiger partial charge is 0.381 e. The maximum atomic E-state index is 12.8. The van der Waals surface area contributed by atoms with Crippen molar-refractivity contribution in [3.05, 3.63) is 54.1 Å². The topological polar surface area (TPSA) is 123 Å². The molecular weight excluding hydrogens is 466 g/mol. The van der Waals surface area contributed by atoms with Crippen LogP contribution >= 0.6 is 0 Å². The van der Waals surface area contributed by atoms with E-state index in [1.54, 1.807) is 24.3 Å². The van der Waals surface area contributed by atoms with Gasteiger partial charge in [0.1, 0.15) is 0 Å². The van der Waals surface area contributed by atoms with Crippen LogP contribution in [0.1, 0.15) is 24.8 Å². The third kappa shape index (κ3) is 5.97. The lowest BCUT2D eigenvalue weighted by molar-refractivity contribution is -0.128. The monoisotopic (exact) mass is 497 g/mol. The number of nitrogens with zero attached hydrogens (tertiary/aromatic N) is 2. The number of Topliss-reactive ketones (excluding diaryl/α,β-unsaturated/α-hetero) is 1. The van der Waals surface area contributed by atoms with Crippen LogP contribution in [-0.4, -0.2) is 63.6 Å². The zero-order valence-electron chi connectivity index (χ0n) is 19.7. The molecule has 35 heavy (non-hydrogen) atoms. The molecule has 0 amide bonds. The summed E-state index contributed by atoms with van der Waals surface area (Å²) in [6.07, 6.45) is 1.58. The van der Waals surface area contributed by atoms with Gasteiger partial charge in [-0.25, -0.2) is 8.42 Å². The second kappa shape index (κ2) is 11.0. The van der Waals surface area contributed by atoms with Gasteiger partial charge in [0, 0.05) is 32.7 Å². The molecule has 0 saturated carbocycles. The van der Waals surface area contributed by atoms with E-state index in [1.165, 1.54) is 4.31 Å². The molecule has 2 aliphatic rings. The lowest BCUT2D eigenvalue weighted by Crippen LogP contribution is -2.52. The van der Waals surface area contributed by atoms with Crippen LogP contribution in [-0.2, 0) is 30.7 Å². The van der Waals surface area contributed by atoms with Crippen molar-refractivity contribution in [1.82, 2.24) is 4.31 Å². The van der Waals surface area contributed by atoms with E-state index in [4.69, 9.17) is 15.2 Å². The average molecular weight is 498 g/mol. The molecule has 0 bridgehead atoms. The van der Waals surface area contributed by atoms with Crippen molar-refractivity contribution in [3.63, 3.8) is 0 Å². The summed E-state index contributed by atoms with van der Waals surface area (Å²) in [6.45, 7) is 2.49. The van der Waals surface area contributed by atoms with Gasteiger partial charge in [-0.05, 0) is 48.1 Å². The van der Waals surface area contributed by atoms with E-state index in [9.17, 15) is 18.5 Å². The zero-order chi connectivity index (χ0) is 24.9.